The molecule has 5 nitrogen and oxygen atoms in total. The Bertz CT molecular complexity index is 1200. The van der Waals surface area contributed by atoms with Gasteiger partial charge in [-0.1, -0.05) is 29.8 Å². The Balaban J connectivity index is 1.85. The second-order valence-electron chi connectivity index (χ2n) is 8.98. The number of likely N-dealkylation sites (tertiary alicyclic amines) is 1. The molecule has 2 heterocycles. The van der Waals surface area contributed by atoms with E-state index in [0.717, 1.165) is 0 Å². The van der Waals surface area contributed by atoms with Gasteiger partial charge in [0.15, 0.2) is 0 Å². The fourth-order valence-electron chi connectivity index (χ4n) is 4.92. The van der Waals surface area contributed by atoms with E-state index in [1.165, 1.54) is 34.1 Å². The molecule has 2 aliphatic rings. The van der Waals surface area contributed by atoms with Crippen molar-refractivity contribution in [1.82, 2.24) is 4.90 Å². The van der Waals surface area contributed by atoms with Crippen LogP contribution in [0.2, 0.25) is 10.0 Å². The largest absolute Gasteiger partial charge is 0.373 e. The zero-order valence-corrected chi connectivity index (χ0v) is 19.9. The van der Waals surface area contributed by atoms with Crippen molar-refractivity contribution in [3.05, 3.63) is 69.7 Å². The van der Waals surface area contributed by atoms with Crippen LogP contribution in [0, 0.1) is 11.6 Å². The molecule has 1 fully saturated rings. The zero-order valence-electron chi connectivity index (χ0n) is 18.4. The molecule has 4 rings (SSSR count). The first-order valence-corrected chi connectivity index (χ1v) is 11.1. The first-order chi connectivity index (χ1) is 15.4. The van der Waals surface area contributed by atoms with Gasteiger partial charge in [0.25, 0.3) is 0 Å². The lowest BCUT2D eigenvalue weighted by Crippen LogP contribution is -2.41. The topological polar surface area (TPSA) is 52.7 Å². The normalized spacial score (nSPS) is 21.4. The Labute approximate surface area is 200 Å². The number of hydrogen-bond donors (Lipinski definition) is 1. The highest BCUT2D eigenvalue weighted by molar-refractivity contribution is 6.42. The van der Waals surface area contributed by atoms with E-state index < -0.39 is 22.6 Å². The molecule has 33 heavy (non-hydrogen) atoms. The van der Waals surface area contributed by atoms with E-state index in [1.54, 1.807) is 27.0 Å². The molecule has 1 N–H and O–H groups in total. The van der Waals surface area contributed by atoms with Gasteiger partial charge in [-0.3, -0.25) is 9.59 Å². The molecular formula is C24H23Cl2F2N3O2. The Morgan fingerprint density at radius 2 is 1.88 bits per heavy atom. The van der Waals surface area contributed by atoms with Crippen molar-refractivity contribution in [2.45, 2.75) is 31.2 Å². The van der Waals surface area contributed by atoms with Gasteiger partial charge in [0.1, 0.15) is 11.6 Å². The predicted molar refractivity (Wildman–Crippen MR) is 126 cm³/mol. The molecule has 1 unspecified atom stereocenters. The molecule has 0 saturated carbocycles. The number of halogens is 4. The number of benzene rings is 2. The van der Waals surface area contributed by atoms with Crippen molar-refractivity contribution in [3.8, 4) is 0 Å². The average molecular weight is 494 g/mol. The van der Waals surface area contributed by atoms with Gasteiger partial charge in [0, 0.05) is 37.0 Å². The third-order valence-corrected chi connectivity index (χ3v) is 7.36. The summed E-state index contributed by atoms with van der Waals surface area (Å²) in [6.07, 6.45) is 1.48. The quantitative estimate of drug-likeness (QED) is 0.467. The van der Waals surface area contributed by atoms with Crippen LogP contribution in [0.5, 0.6) is 0 Å². The minimum Gasteiger partial charge on any atom is -0.373 e. The average Bonchev–Trinajstić information content (AvgIpc) is 3.25. The van der Waals surface area contributed by atoms with Crippen LogP contribution >= 0.6 is 23.2 Å². The van der Waals surface area contributed by atoms with Crippen LogP contribution in [0.15, 0.2) is 36.9 Å². The Morgan fingerprint density at radius 3 is 2.55 bits per heavy atom. The second kappa shape index (κ2) is 7.99. The number of fused-ring (bicyclic) bond motifs is 1. The van der Waals surface area contributed by atoms with Crippen molar-refractivity contribution in [1.29, 1.82) is 0 Å². The lowest BCUT2D eigenvalue weighted by Gasteiger charge is -2.34. The molecule has 0 aliphatic carbocycles. The maximum Gasteiger partial charge on any atom is 0.246 e. The zero-order chi connectivity index (χ0) is 24.3. The number of carbonyl (C=O) groups is 2. The summed E-state index contributed by atoms with van der Waals surface area (Å²) >= 11 is 12.6. The van der Waals surface area contributed by atoms with Crippen LogP contribution in [0.25, 0.3) is 0 Å². The van der Waals surface area contributed by atoms with E-state index in [9.17, 15) is 9.59 Å². The van der Waals surface area contributed by atoms with Gasteiger partial charge < -0.3 is 15.1 Å². The molecule has 174 valence electrons. The summed E-state index contributed by atoms with van der Waals surface area (Å²) in [6.45, 7) is 7.23. The number of rotatable bonds is 4. The van der Waals surface area contributed by atoms with E-state index in [2.05, 4.69) is 11.9 Å². The maximum absolute atomic E-state index is 15.3. The van der Waals surface area contributed by atoms with Crippen molar-refractivity contribution in [2.75, 3.05) is 30.4 Å². The van der Waals surface area contributed by atoms with Gasteiger partial charge in [-0.25, -0.2) is 8.78 Å². The van der Waals surface area contributed by atoms with E-state index in [-0.39, 0.29) is 34.0 Å². The molecule has 0 bridgehead atoms. The molecule has 0 spiro atoms. The summed E-state index contributed by atoms with van der Waals surface area (Å²) in [7, 11) is 1.59. The number of amides is 2. The van der Waals surface area contributed by atoms with Crippen LogP contribution in [-0.4, -0.2) is 36.9 Å². The smallest absolute Gasteiger partial charge is 0.246 e. The lowest BCUT2D eigenvalue weighted by molar-refractivity contribution is -0.125. The molecule has 2 amide bonds. The summed E-state index contributed by atoms with van der Waals surface area (Å²) in [5.74, 6) is -1.69. The van der Waals surface area contributed by atoms with Crippen LogP contribution in [0.1, 0.15) is 31.4 Å². The minimum atomic E-state index is -1.18. The highest BCUT2D eigenvalue weighted by Crippen LogP contribution is 2.47. The summed E-state index contributed by atoms with van der Waals surface area (Å²) in [4.78, 5) is 27.9. The van der Waals surface area contributed by atoms with Crippen molar-refractivity contribution in [3.63, 3.8) is 0 Å². The van der Waals surface area contributed by atoms with Crippen LogP contribution < -0.4 is 10.2 Å². The highest BCUT2D eigenvalue weighted by Gasteiger charge is 2.47. The monoisotopic (exact) mass is 493 g/mol. The Kier molecular flexibility index (Phi) is 5.69. The molecule has 2 aliphatic heterocycles. The molecule has 0 aromatic heterocycles. The van der Waals surface area contributed by atoms with Gasteiger partial charge in [0.2, 0.25) is 11.8 Å². The summed E-state index contributed by atoms with van der Waals surface area (Å²) in [5, 5.41) is 3.42. The molecule has 2 aromatic rings. The minimum absolute atomic E-state index is 0.0205. The van der Waals surface area contributed by atoms with Crippen LogP contribution in [-0.2, 0) is 20.5 Å². The van der Waals surface area contributed by atoms with Gasteiger partial charge in [-0.15, -0.1) is 0 Å². The van der Waals surface area contributed by atoms with Gasteiger partial charge in [-0.2, -0.15) is 0 Å². The fraction of sp³-hybridized carbons (Fsp3) is 0.333. The molecular weight excluding hydrogens is 471 g/mol. The van der Waals surface area contributed by atoms with Crippen LogP contribution in [0.4, 0.5) is 20.2 Å². The van der Waals surface area contributed by atoms with E-state index >= 15 is 8.78 Å². The van der Waals surface area contributed by atoms with Crippen molar-refractivity contribution < 1.29 is 18.4 Å². The summed E-state index contributed by atoms with van der Waals surface area (Å²) < 4.78 is 30.4. The van der Waals surface area contributed by atoms with Gasteiger partial charge in [0.05, 0.1) is 26.7 Å². The maximum atomic E-state index is 15.3. The van der Waals surface area contributed by atoms with Crippen molar-refractivity contribution in [2.24, 2.45) is 0 Å². The number of anilines is 2. The van der Waals surface area contributed by atoms with Crippen LogP contribution in [0.3, 0.4) is 0 Å². The van der Waals surface area contributed by atoms with E-state index in [4.69, 9.17) is 23.2 Å². The molecule has 2 aromatic carbocycles. The SMILES string of the molecule is C=CC(=O)N1CCC(Nc2cc(F)c3c(c2)N(C)C(=O)C3(C)C)(c2c(F)ccc(Cl)c2Cl)C1. The highest BCUT2D eigenvalue weighted by atomic mass is 35.5. The third-order valence-electron chi connectivity index (χ3n) is 6.56. The third kappa shape index (κ3) is 3.58. The molecule has 9 heteroatoms. The molecule has 1 saturated heterocycles. The molecule has 1 atom stereocenters. The second-order valence-corrected chi connectivity index (χ2v) is 9.77. The predicted octanol–water partition coefficient (Wildman–Crippen LogP) is 5.25. The van der Waals surface area contributed by atoms with E-state index in [0.29, 0.717) is 29.9 Å². The first-order valence-electron chi connectivity index (χ1n) is 10.4. The number of nitrogens with zero attached hydrogens (tertiary/aromatic N) is 2. The fourth-order valence-corrected chi connectivity index (χ4v) is 5.41. The number of hydrogen-bond acceptors (Lipinski definition) is 3. The van der Waals surface area contributed by atoms with Gasteiger partial charge >= 0.3 is 0 Å². The Morgan fingerprint density at radius 1 is 1.18 bits per heavy atom. The number of nitrogens with one attached hydrogen (secondary N) is 1. The van der Waals surface area contributed by atoms with Gasteiger partial charge in [-0.05, 0) is 50.6 Å². The first kappa shape index (κ1) is 23.5. The standard InChI is InChI=1S/C24H23Cl2F2N3O2/c1-5-18(32)31-9-8-24(12-31,20-15(27)7-6-14(25)21(20)26)29-13-10-16(28)19-17(11-13)30(4)22(33)23(19,2)3/h5-7,10-11,29H,1,8-9,12H2,2-4H3. The summed E-state index contributed by atoms with van der Waals surface area (Å²) in [6, 6.07) is 5.50. The molecule has 0 radical (unpaired) electrons. The van der Waals surface area contributed by atoms with Crippen molar-refractivity contribution >= 4 is 46.4 Å². The summed E-state index contributed by atoms with van der Waals surface area (Å²) in [5.41, 5.74) is -1.03. The number of carbonyl (C=O) groups excluding carboxylic acids is 2. The number of likely N-dealkylation sites (N-methyl/N-ethyl adjacent to an activating group) is 1. The van der Waals surface area contributed by atoms with E-state index in [1.807, 2.05) is 0 Å². The Hall–Kier alpha value is -2.64. The lowest BCUT2D eigenvalue weighted by atomic mass is 9.85.